The maximum atomic E-state index is 12.8. The molecule has 4 aliphatic rings. The van der Waals surface area contributed by atoms with Crippen molar-refractivity contribution < 1.29 is 34.8 Å². The van der Waals surface area contributed by atoms with Gasteiger partial charge >= 0.3 is 5.97 Å². The first-order valence-electron chi connectivity index (χ1n) is 10.2. The fraction of sp³-hybridized carbons (Fsp3) is 0.727. The van der Waals surface area contributed by atoms with Gasteiger partial charge in [-0.1, -0.05) is 32.9 Å². The molecule has 2 fully saturated rings. The smallest absolute Gasteiger partial charge is 0.303 e. The Morgan fingerprint density at radius 1 is 1.28 bits per heavy atom. The number of carbonyl (C=O) groups is 2. The number of hydrogen-bond acceptors (Lipinski definition) is 7. The second-order valence-corrected chi connectivity index (χ2v) is 9.97. The lowest BCUT2D eigenvalue weighted by atomic mass is 9.59. The summed E-state index contributed by atoms with van der Waals surface area (Å²) in [5.41, 5.74) is -4.52. The van der Waals surface area contributed by atoms with E-state index in [1.165, 1.54) is 6.92 Å². The van der Waals surface area contributed by atoms with Crippen molar-refractivity contribution >= 4 is 11.8 Å². The zero-order valence-corrected chi connectivity index (χ0v) is 17.5. The Balaban J connectivity index is 1.94. The van der Waals surface area contributed by atoms with E-state index in [2.05, 4.69) is 0 Å². The second kappa shape index (κ2) is 5.78. The van der Waals surface area contributed by atoms with Crippen molar-refractivity contribution in [1.82, 2.24) is 0 Å². The summed E-state index contributed by atoms with van der Waals surface area (Å²) < 4.78 is 5.70. The normalized spacial score (nSPS) is 49.8. The summed E-state index contributed by atoms with van der Waals surface area (Å²) in [5.74, 6) is -3.77. The number of esters is 1. The molecule has 8 atom stereocenters. The first kappa shape index (κ1) is 20.7. The minimum Gasteiger partial charge on any atom is -0.456 e. The van der Waals surface area contributed by atoms with Gasteiger partial charge in [0.05, 0.1) is 18.3 Å². The molecule has 0 aromatic rings. The lowest BCUT2D eigenvalue weighted by Gasteiger charge is -2.52. The van der Waals surface area contributed by atoms with E-state index in [4.69, 9.17) is 4.74 Å². The highest BCUT2D eigenvalue weighted by Crippen LogP contribution is 2.76. The summed E-state index contributed by atoms with van der Waals surface area (Å²) >= 11 is 0. The highest BCUT2D eigenvalue weighted by molar-refractivity contribution is 6.04. The molecule has 0 amide bonds. The molecule has 0 aliphatic heterocycles. The fourth-order valence-electron chi connectivity index (χ4n) is 6.91. The van der Waals surface area contributed by atoms with Gasteiger partial charge < -0.3 is 25.2 Å². The van der Waals surface area contributed by atoms with E-state index in [1.807, 2.05) is 13.8 Å². The van der Waals surface area contributed by atoms with Gasteiger partial charge in [-0.3, -0.25) is 9.59 Å². The first-order chi connectivity index (χ1) is 13.3. The Morgan fingerprint density at radius 2 is 1.90 bits per heavy atom. The van der Waals surface area contributed by atoms with Crippen LogP contribution in [-0.2, 0) is 14.3 Å². The fourth-order valence-corrected chi connectivity index (χ4v) is 6.91. The molecule has 29 heavy (non-hydrogen) atoms. The van der Waals surface area contributed by atoms with Gasteiger partial charge in [-0.15, -0.1) is 0 Å². The predicted octanol–water partition coefficient (Wildman–Crippen LogP) is 0.501. The molecule has 0 aromatic heterocycles. The van der Waals surface area contributed by atoms with Crippen molar-refractivity contribution in [2.45, 2.75) is 63.9 Å². The van der Waals surface area contributed by atoms with Gasteiger partial charge in [0, 0.05) is 42.4 Å². The Bertz CT molecular complexity index is 857. The maximum absolute atomic E-state index is 12.8. The average molecular weight is 406 g/mol. The van der Waals surface area contributed by atoms with Gasteiger partial charge in [0.25, 0.3) is 0 Å². The lowest BCUT2D eigenvalue weighted by molar-refractivity contribution is -0.218. The molecule has 0 spiro atoms. The van der Waals surface area contributed by atoms with Crippen LogP contribution < -0.4 is 0 Å². The van der Waals surface area contributed by atoms with Crippen LogP contribution in [0.2, 0.25) is 0 Å². The summed E-state index contributed by atoms with van der Waals surface area (Å²) in [7, 11) is 0. The number of aliphatic hydroxyl groups excluding tert-OH is 2. The average Bonchev–Trinajstić information content (AvgIpc) is 3.06. The molecule has 7 nitrogen and oxygen atoms in total. The minimum atomic E-state index is -1.88. The number of aliphatic hydroxyl groups is 4. The standard InChI is InChI=1S/C22H30O7/c1-10-6-15-20(27,17(10)25)8-13(9-23)7-14-16-19(4,5)22(16,29-12(3)24)18(26)11(2)21(14,15)28/h6-7,11,14-16,18,23,26-28H,8-9H2,1-5H3/t11-,14+,15-,16-,18-,20+,21+,22+/m1/s1. The van der Waals surface area contributed by atoms with Crippen LogP contribution in [0.15, 0.2) is 23.3 Å². The Hall–Kier alpha value is -1.54. The molecule has 0 unspecified atom stereocenters. The maximum Gasteiger partial charge on any atom is 0.303 e. The molecule has 2 saturated carbocycles. The molecule has 0 saturated heterocycles. The predicted molar refractivity (Wildman–Crippen MR) is 102 cm³/mol. The van der Waals surface area contributed by atoms with E-state index < -0.39 is 63.7 Å². The summed E-state index contributed by atoms with van der Waals surface area (Å²) in [6.07, 6.45) is 2.06. The molecule has 7 heteroatoms. The number of rotatable bonds is 2. The van der Waals surface area contributed by atoms with Crippen molar-refractivity contribution in [3.8, 4) is 0 Å². The zero-order valence-electron chi connectivity index (χ0n) is 17.5. The quantitative estimate of drug-likeness (QED) is 0.389. The van der Waals surface area contributed by atoms with Crippen molar-refractivity contribution in [2.24, 2.45) is 29.1 Å². The number of ether oxygens (including phenoxy) is 1. The Labute approximate surface area is 170 Å². The van der Waals surface area contributed by atoms with Gasteiger partial charge in [-0.05, 0) is 18.1 Å². The van der Waals surface area contributed by atoms with Crippen LogP contribution in [-0.4, -0.2) is 61.7 Å². The van der Waals surface area contributed by atoms with Crippen LogP contribution in [0.1, 0.15) is 41.0 Å². The number of carbonyl (C=O) groups excluding carboxylic acids is 2. The highest BCUT2D eigenvalue weighted by atomic mass is 16.6. The molecule has 0 heterocycles. The van der Waals surface area contributed by atoms with Gasteiger partial charge in [-0.2, -0.15) is 0 Å². The van der Waals surface area contributed by atoms with Crippen LogP contribution in [0, 0.1) is 29.1 Å². The van der Waals surface area contributed by atoms with Gasteiger partial charge in [-0.25, -0.2) is 0 Å². The van der Waals surface area contributed by atoms with Crippen LogP contribution in [0.4, 0.5) is 0 Å². The number of fused-ring (bicyclic) bond motifs is 5. The number of hydrogen-bond donors (Lipinski definition) is 4. The Kier molecular flexibility index (Phi) is 4.13. The molecule has 0 radical (unpaired) electrons. The number of Topliss-reactive ketones (excluding diaryl/α,β-unsaturated/α-hetero) is 1. The van der Waals surface area contributed by atoms with Crippen molar-refractivity contribution in [3.05, 3.63) is 23.3 Å². The molecule has 4 aliphatic carbocycles. The molecule has 160 valence electrons. The van der Waals surface area contributed by atoms with Gasteiger partial charge in [0.1, 0.15) is 11.2 Å². The van der Waals surface area contributed by atoms with Crippen LogP contribution in [0.25, 0.3) is 0 Å². The van der Waals surface area contributed by atoms with Crippen LogP contribution >= 0.6 is 0 Å². The van der Waals surface area contributed by atoms with E-state index in [-0.39, 0.29) is 13.0 Å². The van der Waals surface area contributed by atoms with E-state index >= 15 is 0 Å². The summed E-state index contributed by atoms with van der Waals surface area (Å²) in [4.78, 5) is 24.7. The van der Waals surface area contributed by atoms with Gasteiger partial charge in [0.2, 0.25) is 0 Å². The summed E-state index contributed by atoms with van der Waals surface area (Å²) in [6, 6.07) is 0. The third-order valence-corrected chi connectivity index (χ3v) is 8.31. The molecular formula is C22H30O7. The summed E-state index contributed by atoms with van der Waals surface area (Å²) in [5, 5.41) is 44.7. The zero-order chi connectivity index (χ0) is 21.7. The third kappa shape index (κ3) is 2.17. The number of ketones is 1. The summed E-state index contributed by atoms with van der Waals surface area (Å²) in [6.45, 7) is 7.96. The van der Waals surface area contributed by atoms with Crippen molar-refractivity contribution in [2.75, 3.05) is 6.61 Å². The van der Waals surface area contributed by atoms with E-state index in [9.17, 15) is 30.0 Å². The van der Waals surface area contributed by atoms with Gasteiger partial charge in [0.15, 0.2) is 5.78 Å². The largest absolute Gasteiger partial charge is 0.456 e. The topological polar surface area (TPSA) is 124 Å². The molecule has 4 N–H and O–H groups in total. The van der Waals surface area contributed by atoms with E-state index in [1.54, 1.807) is 26.0 Å². The molecule has 0 aromatic carbocycles. The molecule has 0 bridgehead atoms. The van der Waals surface area contributed by atoms with Crippen LogP contribution in [0.3, 0.4) is 0 Å². The van der Waals surface area contributed by atoms with Crippen molar-refractivity contribution in [3.63, 3.8) is 0 Å². The third-order valence-electron chi connectivity index (χ3n) is 8.31. The molecular weight excluding hydrogens is 376 g/mol. The minimum absolute atomic E-state index is 0.0871. The second-order valence-electron chi connectivity index (χ2n) is 9.97. The lowest BCUT2D eigenvalue weighted by Crippen LogP contribution is -2.65. The monoisotopic (exact) mass is 406 g/mol. The molecule has 4 rings (SSSR count). The van der Waals surface area contributed by atoms with E-state index in [0.29, 0.717) is 11.1 Å². The highest BCUT2D eigenvalue weighted by Gasteiger charge is 2.86. The van der Waals surface area contributed by atoms with Crippen LogP contribution in [0.5, 0.6) is 0 Å². The van der Waals surface area contributed by atoms with Crippen molar-refractivity contribution in [1.29, 1.82) is 0 Å². The SMILES string of the molecule is CC(=O)O[C@]12[C@H](O)[C@@H](C)[C@]3(O)[C@@H](C=C(CO)C[C@@]4(O)C(=O)C(C)=C[C@@H]34)[C@@H]1C2(C)C. The Morgan fingerprint density at radius 3 is 2.45 bits per heavy atom. The first-order valence-corrected chi connectivity index (χ1v) is 10.2. The van der Waals surface area contributed by atoms with E-state index in [0.717, 1.165) is 0 Å².